The van der Waals surface area contributed by atoms with Gasteiger partial charge in [-0.25, -0.2) is 0 Å². The molecule has 0 saturated carbocycles. The Morgan fingerprint density at radius 2 is 1.52 bits per heavy atom. The SMILES string of the molecule is COc1ccc(-c2c(N)c3ccc(OC)cc3n2C)cc1. The lowest BCUT2D eigenvalue weighted by Gasteiger charge is -2.07. The monoisotopic (exact) mass is 282 g/mol. The van der Waals surface area contributed by atoms with Crippen molar-refractivity contribution in [2.45, 2.75) is 0 Å². The Bertz CT molecular complexity index is 789. The predicted molar refractivity (Wildman–Crippen MR) is 85.9 cm³/mol. The highest BCUT2D eigenvalue weighted by atomic mass is 16.5. The highest BCUT2D eigenvalue weighted by molar-refractivity contribution is 6.01. The van der Waals surface area contributed by atoms with E-state index in [1.54, 1.807) is 14.2 Å². The molecular formula is C17H18N2O2. The van der Waals surface area contributed by atoms with Crippen LogP contribution in [-0.4, -0.2) is 18.8 Å². The van der Waals surface area contributed by atoms with Gasteiger partial charge in [0.1, 0.15) is 11.5 Å². The number of nitrogen functional groups attached to an aromatic ring is 1. The molecule has 0 atom stereocenters. The number of fused-ring (bicyclic) bond motifs is 1. The maximum absolute atomic E-state index is 6.34. The Kier molecular flexibility index (Phi) is 3.22. The lowest BCUT2D eigenvalue weighted by molar-refractivity contribution is 0.415. The molecule has 0 radical (unpaired) electrons. The van der Waals surface area contributed by atoms with Crippen LogP contribution in [0.2, 0.25) is 0 Å². The first-order chi connectivity index (χ1) is 10.2. The van der Waals surface area contributed by atoms with Gasteiger partial charge in [-0.3, -0.25) is 0 Å². The second-order valence-electron chi connectivity index (χ2n) is 4.93. The summed E-state index contributed by atoms with van der Waals surface area (Å²) in [6.07, 6.45) is 0. The van der Waals surface area contributed by atoms with E-state index in [4.69, 9.17) is 15.2 Å². The second kappa shape index (κ2) is 5.05. The van der Waals surface area contributed by atoms with Crippen LogP contribution in [0.3, 0.4) is 0 Å². The standard InChI is InChI=1S/C17H18N2O2/c1-19-15-10-13(21-3)8-9-14(15)16(18)17(19)11-4-6-12(20-2)7-5-11/h4-10H,18H2,1-3H3. The topological polar surface area (TPSA) is 49.4 Å². The van der Waals surface area contributed by atoms with Gasteiger partial charge < -0.3 is 19.8 Å². The van der Waals surface area contributed by atoms with Crippen LogP contribution in [0.4, 0.5) is 5.69 Å². The van der Waals surface area contributed by atoms with Gasteiger partial charge in [0, 0.05) is 24.1 Å². The van der Waals surface area contributed by atoms with E-state index in [0.29, 0.717) is 0 Å². The van der Waals surface area contributed by atoms with Gasteiger partial charge in [0.15, 0.2) is 0 Å². The number of nitrogens with two attached hydrogens (primary N) is 1. The minimum absolute atomic E-state index is 0.778. The summed E-state index contributed by atoms with van der Waals surface area (Å²) in [5.74, 6) is 1.65. The molecule has 21 heavy (non-hydrogen) atoms. The number of anilines is 1. The molecule has 3 rings (SSSR count). The normalized spacial score (nSPS) is 10.8. The number of benzene rings is 2. The van der Waals surface area contributed by atoms with Crippen LogP contribution in [0.1, 0.15) is 0 Å². The summed E-state index contributed by atoms with van der Waals surface area (Å²) in [6.45, 7) is 0. The molecule has 4 heteroatoms. The van der Waals surface area contributed by atoms with Crippen LogP contribution in [0.15, 0.2) is 42.5 Å². The average Bonchev–Trinajstić information content (AvgIpc) is 2.78. The fraction of sp³-hybridized carbons (Fsp3) is 0.176. The van der Waals surface area contributed by atoms with Crippen LogP contribution in [0.5, 0.6) is 11.5 Å². The van der Waals surface area contributed by atoms with Crippen molar-refractivity contribution in [1.29, 1.82) is 0 Å². The van der Waals surface area contributed by atoms with E-state index >= 15 is 0 Å². The van der Waals surface area contributed by atoms with E-state index in [0.717, 1.165) is 39.3 Å². The van der Waals surface area contributed by atoms with Crippen molar-refractivity contribution < 1.29 is 9.47 Å². The van der Waals surface area contributed by atoms with E-state index in [1.807, 2.05) is 49.5 Å². The maximum atomic E-state index is 6.34. The van der Waals surface area contributed by atoms with Crippen LogP contribution in [0.25, 0.3) is 22.2 Å². The second-order valence-corrected chi connectivity index (χ2v) is 4.93. The minimum Gasteiger partial charge on any atom is -0.497 e. The number of hydrogen-bond donors (Lipinski definition) is 1. The van der Waals surface area contributed by atoms with Crippen molar-refractivity contribution in [3.63, 3.8) is 0 Å². The molecule has 4 nitrogen and oxygen atoms in total. The van der Waals surface area contributed by atoms with Crippen LogP contribution in [-0.2, 0) is 7.05 Å². The van der Waals surface area contributed by atoms with Crippen molar-refractivity contribution in [2.75, 3.05) is 20.0 Å². The fourth-order valence-corrected chi connectivity index (χ4v) is 2.67. The number of ether oxygens (including phenoxy) is 2. The maximum Gasteiger partial charge on any atom is 0.120 e. The van der Waals surface area contributed by atoms with Gasteiger partial charge in [-0.2, -0.15) is 0 Å². The molecule has 0 aliphatic heterocycles. The molecule has 108 valence electrons. The molecule has 0 bridgehead atoms. The first kappa shape index (κ1) is 13.4. The third-order valence-corrected chi connectivity index (χ3v) is 3.81. The Morgan fingerprint density at radius 1 is 0.905 bits per heavy atom. The van der Waals surface area contributed by atoms with Gasteiger partial charge in [0.2, 0.25) is 0 Å². The van der Waals surface area contributed by atoms with Crippen molar-refractivity contribution in [3.8, 4) is 22.8 Å². The Hall–Kier alpha value is -2.62. The molecule has 1 aromatic heterocycles. The lowest BCUT2D eigenvalue weighted by Crippen LogP contribution is -1.94. The van der Waals surface area contributed by atoms with E-state index < -0.39 is 0 Å². The Labute approximate surface area is 123 Å². The quantitative estimate of drug-likeness (QED) is 0.800. The van der Waals surface area contributed by atoms with Crippen molar-refractivity contribution in [2.24, 2.45) is 7.05 Å². The molecule has 0 aliphatic rings. The third-order valence-electron chi connectivity index (χ3n) is 3.81. The zero-order chi connectivity index (χ0) is 15.0. The first-order valence-electron chi connectivity index (χ1n) is 6.72. The molecular weight excluding hydrogens is 264 g/mol. The smallest absolute Gasteiger partial charge is 0.120 e. The highest BCUT2D eigenvalue weighted by Crippen LogP contribution is 2.37. The molecule has 0 unspecified atom stereocenters. The molecule has 0 fully saturated rings. The van der Waals surface area contributed by atoms with Gasteiger partial charge in [0.05, 0.1) is 31.1 Å². The van der Waals surface area contributed by atoms with Gasteiger partial charge in [-0.05, 0) is 36.4 Å². The van der Waals surface area contributed by atoms with Crippen molar-refractivity contribution >= 4 is 16.6 Å². The summed E-state index contributed by atoms with van der Waals surface area (Å²) in [5.41, 5.74) is 10.2. The largest absolute Gasteiger partial charge is 0.497 e. The third kappa shape index (κ3) is 2.09. The van der Waals surface area contributed by atoms with Gasteiger partial charge in [0.25, 0.3) is 0 Å². The number of aromatic nitrogens is 1. The van der Waals surface area contributed by atoms with Crippen LogP contribution >= 0.6 is 0 Å². The molecule has 2 aromatic carbocycles. The predicted octanol–water partition coefficient (Wildman–Crippen LogP) is 3.44. The number of hydrogen-bond acceptors (Lipinski definition) is 3. The molecule has 0 amide bonds. The fourth-order valence-electron chi connectivity index (χ4n) is 2.67. The summed E-state index contributed by atoms with van der Waals surface area (Å²) in [4.78, 5) is 0. The number of aryl methyl sites for hydroxylation is 1. The summed E-state index contributed by atoms with van der Waals surface area (Å²) in [6, 6.07) is 13.8. The minimum atomic E-state index is 0.778. The molecule has 0 saturated heterocycles. The number of nitrogens with zero attached hydrogens (tertiary/aromatic N) is 1. The van der Waals surface area contributed by atoms with Crippen LogP contribution in [0, 0.1) is 0 Å². The number of rotatable bonds is 3. The summed E-state index contributed by atoms with van der Waals surface area (Å²) in [7, 11) is 5.34. The molecule has 0 spiro atoms. The Morgan fingerprint density at radius 3 is 2.14 bits per heavy atom. The molecule has 1 heterocycles. The zero-order valence-electron chi connectivity index (χ0n) is 12.4. The Balaban J connectivity index is 2.21. The summed E-state index contributed by atoms with van der Waals surface area (Å²) >= 11 is 0. The summed E-state index contributed by atoms with van der Waals surface area (Å²) in [5, 5.41) is 1.03. The van der Waals surface area contributed by atoms with Crippen LogP contribution < -0.4 is 15.2 Å². The van der Waals surface area contributed by atoms with Crippen molar-refractivity contribution in [3.05, 3.63) is 42.5 Å². The van der Waals surface area contributed by atoms with Gasteiger partial charge >= 0.3 is 0 Å². The van der Waals surface area contributed by atoms with E-state index in [9.17, 15) is 0 Å². The average molecular weight is 282 g/mol. The first-order valence-corrected chi connectivity index (χ1v) is 6.72. The number of methoxy groups -OCH3 is 2. The van der Waals surface area contributed by atoms with E-state index in [1.165, 1.54) is 0 Å². The zero-order valence-corrected chi connectivity index (χ0v) is 12.4. The van der Waals surface area contributed by atoms with Crippen molar-refractivity contribution in [1.82, 2.24) is 4.57 Å². The van der Waals surface area contributed by atoms with E-state index in [2.05, 4.69) is 4.57 Å². The van der Waals surface area contributed by atoms with E-state index in [-0.39, 0.29) is 0 Å². The molecule has 2 N–H and O–H groups in total. The van der Waals surface area contributed by atoms with Gasteiger partial charge in [-0.1, -0.05) is 0 Å². The lowest BCUT2D eigenvalue weighted by atomic mass is 10.1. The molecule has 0 aliphatic carbocycles. The highest BCUT2D eigenvalue weighted by Gasteiger charge is 2.15. The molecule has 3 aromatic rings. The summed E-state index contributed by atoms with van der Waals surface area (Å²) < 4.78 is 12.6. The van der Waals surface area contributed by atoms with Gasteiger partial charge in [-0.15, -0.1) is 0 Å².